The Morgan fingerprint density at radius 1 is 1.20 bits per heavy atom. The maximum Gasteiger partial charge on any atom is 0.131 e. The number of aromatic nitrogens is 1. The minimum atomic E-state index is -2.78. The average Bonchev–Trinajstić information content (AvgIpc) is 2.72. The van der Waals surface area contributed by atoms with E-state index in [1.165, 1.54) is 0 Å². The van der Waals surface area contributed by atoms with Gasteiger partial charge in [0, 0.05) is 18.5 Å². The van der Waals surface area contributed by atoms with E-state index in [0.717, 1.165) is 27.8 Å². The largest absolute Gasteiger partial charge is 0.351 e. The molecule has 25 heavy (non-hydrogen) atoms. The summed E-state index contributed by atoms with van der Waals surface area (Å²) >= 11 is 6.49. The molecule has 6 heteroatoms. The van der Waals surface area contributed by atoms with Gasteiger partial charge in [-0.25, -0.2) is 14.0 Å². The van der Waals surface area contributed by atoms with Crippen LogP contribution in [-0.2, 0) is 16.3 Å². The van der Waals surface area contributed by atoms with Gasteiger partial charge in [-0.1, -0.05) is 41.4 Å². The number of fused-ring (bicyclic) bond motifs is 2. The molecule has 1 N–H and O–H groups in total. The van der Waals surface area contributed by atoms with Gasteiger partial charge in [0.05, 0.1) is 30.9 Å². The Labute approximate surface area is 152 Å². The van der Waals surface area contributed by atoms with Crippen LogP contribution < -0.4 is 4.90 Å². The lowest BCUT2D eigenvalue weighted by Gasteiger charge is -2.22. The lowest BCUT2D eigenvalue weighted by molar-refractivity contribution is 0.674. The minimum Gasteiger partial charge on any atom is -0.351 e. The molecule has 0 saturated heterocycles. The first kappa shape index (κ1) is 16.4. The summed E-state index contributed by atoms with van der Waals surface area (Å²) in [5.74, 6) is 1.04. The van der Waals surface area contributed by atoms with Gasteiger partial charge in [0.1, 0.15) is 5.82 Å². The van der Waals surface area contributed by atoms with Crippen molar-refractivity contribution in [2.75, 3.05) is 17.2 Å². The van der Waals surface area contributed by atoms with Crippen molar-refractivity contribution < 1.29 is 4.21 Å². The monoisotopic (exact) mass is 371 g/mol. The number of aryl methyl sites for hydroxylation is 1. The molecule has 128 valence electrons. The summed E-state index contributed by atoms with van der Waals surface area (Å²) < 4.78 is 21.0. The lowest BCUT2D eigenvalue weighted by Crippen LogP contribution is -2.26. The van der Waals surface area contributed by atoms with E-state index in [2.05, 4.69) is 4.90 Å². The van der Waals surface area contributed by atoms with E-state index in [1.807, 2.05) is 49.4 Å². The van der Waals surface area contributed by atoms with E-state index >= 15 is 0 Å². The second kappa shape index (κ2) is 6.00. The molecule has 0 fully saturated rings. The third kappa shape index (κ3) is 2.98. The molecule has 4 nitrogen and oxygen atoms in total. The minimum absolute atomic E-state index is 0.287. The van der Waals surface area contributed by atoms with E-state index in [-0.39, 0.29) is 5.75 Å². The number of pyridine rings is 1. The number of benzene rings is 2. The van der Waals surface area contributed by atoms with Crippen LogP contribution in [0.2, 0.25) is 5.02 Å². The van der Waals surface area contributed by atoms with E-state index in [0.29, 0.717) is 23.0 Å². The molecule has 1 aliphatic heterocycles. The van der Waals surface area contributed by atoms with Gasteiger partial charge >= 0.3 is 0 Å². The van der Waals surface area contributed by atoms with Gasteiger partial charge in [0.2, 0.25) is 0 Å². The summed E-state index contributed by atoms with van der Waals surface area (Å²) in [4.78, 5) is 7.45. The quantitative estimate of drug-likeness (QED) is 0.678. The van der Waals surface area contributed by atoms with Crippen molar-refractivity contribution >= 4 is 38.1 Å². The van der Waals surface area contributed by atoms with Crippen LogP contribution in [-0.4, -0.2) is 21.5 Å². The summed E-state index contributed by atoms with van der Waals surface area (Å²) in [7, 11) is -2.78. The normalized spacial score (nSPS) is 20.3. The van der Waals surface area contributed by atoms with Crippen LogP contribution in [0.4, 0.5) is 5.82 Å². The summed E-state index contributed by atoms with van der Waals surface area (Å²) in [5, 5.41) is 1.60. The molecule has 1 unspecified atom stereocenters. The molecule has 0 bridgehead atoms. The van der Waals surface area contributed by atoms with Crippen LogP contribution >= 0.6 is 11.6 Å². The van der Waals surface area contributed by atoms with Crippen molar-refractivity contribution in [1.29, 1.82) is 4.78 Å². The SMILES string of the molecule is Cc1ccc2nc(N3CCS(=N)(=O)c4ccccc4C3)cc(Cl)c2c1. The van der Waals surface area contributed by atoms with Gasteiger partial charge in [-0.15, -0.1) is 0 Å². The van der Waals surface area contributed by atoms with Crippen molar-refractivity contribution in [3.63, 3.8) is 0 Å². The molecule has 4 rings (SSSR count). The van der Waals surface area contributed by atoms with Crippen LogP contribution in [0.3, 0.4) is 0 Å². The summed E-state index contributed by atoms with van der Waals surface area (Å²) in [5.41, 5.74) is 2.90. The fourth-order valence-corrected chi connectivity index (χ4v) is 5.03. The van der Waals surface area contributed by atoms with E-state index in [1.54, 1.807) is 6.07 Å². The van der Waals surface area contributed by atoms with E-state index < -0.39 is 9.73 Å². The zero-order valence-electron chi connectivity index (χ0n) is 13.8. The molecular weight excluding hydrogens is 354 g/mol. The molecule has 1 aromatic heterocycles. The molecule has 2 aromatic carbocycles. The molecule has 1 aliphatic rings. The van der Waals surface area contributed by atoms with Gasteiger partial charge < -0.3 is 4.90 Å². The van der Waals surface area contributed by atoms with Crippen LogP contribution in [0.25, 0.3) is 10.9 Å². The predicted octanol–water partition coefficient (Wildman–Crippen LogP) is 4.62. The molecule has 0 amide bonds. The summed E-state index contributed by atoms with van der Waals surface area (Å²) in [6.07, 6.45) is 0. The second-order valence-corrected chi connectivity index (χ2v) is 9.00. The van der Waals surface area contributed by atoms with Crippen molar-refractivity contribution in [2.24, 2.45) is 0 Å². The summed E-state index contributed by atoms with van der Waals surface area (Å²) in [6, 6.07) is 15.4. The highest BCUT2D eigenvalue weighted by atomic mass is 35.5. The maximum atomic E-state index is 12.7. The standard InChI is InChI=1S/C19H18ClN3OS/c1-13-6-7-17-15(10-13)16(20)11-19(22-17)23-8-9-25(21,24)18-5-3-2-4-14(18)12-23/h2-7,10-11,21H,8-9,12H2,1H3. The highest BCUT2D eigenvalue weighted by Gasteiger charge is 2.23. The molecule has 2 heterocycles. The van der Waals surface area contributed by atoms with Gasteiger partial charge in [0.15, 0.2) is 0 Å². The topological polar surface area (TPSA) is 57.1 Å². The molecule has 0 saturated carbocycles. The fourth-order valence-electron chi connectivity index (χ4n) is 3.23. The Morgan fingerprint density at radius 3 is 2.84 bits per heavy atom. The third-order valence-electron chi connectivity index (χ3n) is 4.56. The fraction of sp³-hybridized carbons (Fsp3) is 0.211. The Hall–Kier alpha value is -2.11. The maximum absolute atomic E-state index is 12.7. The Balaban J connectivity index is 1.81. The smallest absolute Gasteiger partial charge is 0.131 e. The highest BCUT2D eigenvalue weighted by Crippen LogP contribution is 2.31. The van der Waals surface area contributed by atoms with Gasteiger partial charge in [-0.3, -0.25) is 0 Å². The lowest BCUT2D eigenvalue weighted by atomic mass is 10.1. The zero-order valence-corrected chi connectivity index (χ0v) is 15.4. The van der Waals surface area contributed by atoms with Gasteiger partial charge in [-0.2, -0.15) is 0 Å². The Bertz CT molecular complexity index is 1080. The molecule has 0 radical (unpaired) electrons. The number of halogens is 1. The molecule has 0 aliphatic carbocycles. The van der Waals surface area contributed by atoms with Crippen LogP contribution in [0, 0.1) is 11.7 Å². The van der Waals surface area contributed by atoms with Crippen molar-refractivity contribution in [1.82, 2.24) is 4.98 Å². The average molecular weight is 372 g/mol. The summed E-state index contributed by atoms with van der Waals surface area (Å²) in [6.45, 7) is 3.12. The highest BCUT2D eigenvalue weighted by molar-refractivity contribution is 7.92. The number of rotatable bonds is 1. The zero-order chi connectivity index (χ0) is 17.6. The number of anilines is 1. The van der Waals surface area contributed by atoms with E-state index in [9.17, 15) is 4.21 Å². The van der Waals surface area contributed by atoms with Crippen molar-refractivity contribution in [3.8, 4) is 0 Å². The Kier molecular flexibility index (Phi) is 3.93. The number of hydrogen-bond donors (Lipinski definition) is 1. The number of nitrogens with one attached hydrogen (secondary N) is 1. The first-order valence-electron chi connectivity index (χ1n) is 8.10. The van der Waals surface area contributed by atoms with Crippen LogP contribution in [0.1, 0.15) is 11.1 Å². The first-order valence-corrected chi connectivity index (χ1v) is 10.2. The molecule has 3 aromatic rings. The molecule has 1 atom stereocenters. The number of nitrogens with zero attached hydrogens (tertiary/aromatic N) is 2. The Morgan fingerprint density at radius 2 is 2.00 bits per heavy atom. The third-order valence-corrected chi connectivity index (χ3v) is 6.74. The molecular formula is C19H18ClN3OS. The van der Waals surface area contributed by atoms with Crippen LogP contribution in [0.5, 0.6) is 0 Å². The van der Waals surface area contributed by atoms with Gasteiger partial charge in [0.25, 0.3) is 0 Å². The predicted molar refractivity (Wildman–Crippen MR) is 103 cm³/mol. The van der Waals surface area contributed by atoms with E-state index in [4.69, 9.17) is 21.4 Å². The van der Waals surface area contributed by atoms with Gasteiger partial charge in [-0.05, 0) is 36.8 Å². The first-order chi connectivity index (χ1) is 11.9. The molecule has 0 spiro atoms. The van der Waals surface area contributed by atoms with Crippen LogP contribution in [0.15, 0.2) is 53.4 Å². The second-order valence-electron chi connectivity index (χ2n) is 6.39. The number of hydrogen-bond acceptors (Lipinski definition) is 4. The van der Waals surface area contributed by atoms with Crippen molar-refractivity contribution in [3.05, 3.63) is 64.7 Å². The van der Waals surface area contributed by atoms with Crippen molar-refractivity contribution in [2.45, 2.75) is 18.4 Å².